The number of methoxy groups -OCH3 is 2. The average Bonchev–Trinajstić information content (AvgIpc) is 2.50. The minimum Gasteiger partial charge on any atom is -0.387 e. The van der Waals surface area contributed by atoms with Crippen molar-refractivity contribution in [1.82, 2.24) is 0 Å². The smallest absolute Gasteiger partial charge is 0.112 e. The summed E-state index contributed by atoms with van der Waals surface area (Å²) < 4.78 is 15.7. The van der Waals surface area contributed by atoms with Gasteiger partial charge < -0.3 is 19.3 Å². The summed E-state index contributed by atoms with van der Waals surface area (Å²) >= 11 is 0. The van der Waals surface area contributed by atoms with Gasteiger partial charge in [0.15, 0.2) is 0 Å². The molecule has 0 aromatic heterocycles. The number of aliphatic hydroxyl groups excluding tert-OH is 1. The Bertz CT molecular complexity index is 147. The Balaban J connectivity index is 2.52. The highest BCUT2D eigenvalue weighted by Crippen LogP contribution is 2.22. The van der Waals surface area contributed by atoms with Crippen LogP contribution in [0.4, 0.5) is 0 Å². The van der Waals surface area contributed by atoms with E-state index in [1.165, 1.54) is 0 Å². The van der Waals surface area contributed by atoms with Gasteiger partial charge in [-0.05, 0) is 6.42 Å². The molecule has 4 nitrogen and oxygen atoms in total. The summed E-state index contributed by atoms with van der Waals surface area (Å²) in [5.74, 6) is 0. The van der Waals surface area contributed by atoms with Gasteiger partial charge in [-0.1, -0.05) is 6.92 Å². The lowest BCUT2D eigenvalue weighted by atomic mass is 10.0. The normalized spacial score (nSPS) is 36.5. The highest BCUT2D eigenvalue weighted by atomic mass is 16.6. The van der Waals surface area contributed by atoms with Crippen molar-refractivity contribution < 1.29 is 19.3 Å². The number of hydrogen-bond acceptors (Lipinski definition) is 4. The van der Waals surface area contributed by atoms with Gasteiger partial charge in [0.1, 0.15) is 18.3 Å². The molecule has 0 radical (unpaired) electrons. The van der Waals surface area contributed by atoms with E-state index >= 15 is 0 Å². The van der Waals surface area contributed by atoms with Crippen LogP contribution in [0.1, 0.15) is 13.3 Å². The first kappa shape index (κ1) is 10.9. The zero-order chi connectivity index (χ0) is 9.84. The van der Waals surface area contributed by atoms with E-state index in [4.69, 9.17) is 14.2 Å². The van der Waals surface area contributed by atoms with Crippen molar-refractivity contribution in [3.05, 3.63) is 0 Å². The predicted octanol–water partition coefficient (Wildman–Crippen LogP) is 0.186. The maximum atomic E-state index is 9.75. The SMILES string of the molecule is CCC(OC)[C@H]1OCC(OC)[C@H]1O. The van der Waals surface area contributed by atoms with Gasteiger partial charge in [-0.25, -0.2) is 0 Å². The second-order valence-corrected chi connectivity index (χ2v) is 3.25. The van der Waals surface area contributed by atoms with Gasteiger partial charge in [-0.15, -0.1) is 0 Å². The van der Waals surface area contributed by atoms with Crippen molar-refractivity contribution in [1.29, 1.82) is 0 Å². The summed E-state index contributed by atoms with van der Waals surface area (Å²) in [6.07, 6.45) is -0.256. The molecule has 1 heterocycles. The van der Waals surface area contributed by atoms with E-state index in [1.807, 2.05) is 6.92 Å². The highest BCUT2D eigenvalue weighted by molar-refractivity contribution is 4.88. The Morgan fingerprint density at radius 3 is 2.62 bits per heavy atom. The molecule has 4 atom stereocenters. The van der Waals surface area contributed by atoms with Crippen LogP contribution < -0.4 is 0 Å². The van der Waals surface area contributed by atoms with Gasteiger partial charge in [0, 0.05) is 14.2 Å². The van der Waals surface area contributed by atoms with E-state index in [1.54, 1.807) is 14.2 Å². The molecule has 0 spiro atoms. The van der Waals surface area contributed by atoms with Crippen LogP contribution >= 0.6 is 0 Å². The first-order valence-corrected chi connectivity index (χ1v) is 4.59. The number of ether oxygens (including phenoxy) is 3. The standard InChI is InChI=1S/C9H18O4/c1-4-6(11-2)9-8(10)7(12-3)5-13-9/h6-10H,4-5H2,1-3H3/t6?,7?,8-,9-/m1/s1. The van der Waals surface area contributed by atoms with Crippen molar-refractivity contribution in [2.45, 2.75) is 37.8 Å². The molecule has 78 valence electrons. The molecule has 0 aromatic carbocycles. The molecular formula is C9H18O4. The minimum absolute atomic E-state index is 0.0462. The summed E-state index contributed by atoms with van der Waals surface area (Å²) in [5.41, 5.74) is 0. The Hall–Kier alpha value is -0.160. The second-order valence-electron chi connectivity index (χ2n) is 3.25. The number of hydrogen-bond donors (Lipinski definition) is 1. The summed E-state index contributed by atoms with van der Waals surface area (Å²) in [4.78, 5) is 0. The topological polar surface area (TPSA) is 47.9 Å². The Morgan fingerprint density at radius 1 is 1.54 bits per heavy atom. The van der Waals surface area contributed by atoms with Gasteiger partial charge >= 0.3 is 0 Å². The van der Waals surface area contributed by atoms with Gasteiger partial charge in [-0.2, -0.15) is 0 Å². The minimum atomic E-state index is -0.574. The first-order chi connectivity index (χ1) is 6.24. The molecule has 0 amide bonds. The molecule has 2 unspecified atom stereocenters. The average molecular weight is 190 g/mol. The molecule has 1 N–H and O–H groups in total. The largest absolute Gasteiger partial charge is 0.387 e. The third kappa shape index (κ3) is 2.20. The van der Waals surface area contributed by atoms with Crippen LogP contribution in [0.3, 0.4) is 0 Å². The van der Waals surface area contributed by atoms with Crippen LogP contribution in [0.15, 0.2) is 0 Å². The summed E-state index contributed by atoms with van der Waals surface area (Å²) in [7, 11) is 3.21. The molecular weight excluding hydrogens is 172 g/mol. The van der Waals surface area contributed by atoms with Crippen molar-refractivity contribution in [2.24, 2.45) is 0 Å². The van der Waals surface area contributed by atoms with Crippen LogP contribution in [0.2, 0.25) is 0 Å². The molecule has 1 fully saturated rings. The quantitative estimate of drug-likeness (QED) is 0.687. The van der Waals surface area contributed by atoms with Crippen LogP contribution in [0, 0.1) is 0 Å². The third-order valence-electron chi connectivity index (χ3n) is 2.54. The molecule has 13 heavy (non-hydrogen) atoms. The van der Waals surface area contributed by atoms with Gasteiger partial charge in [0.25, 0.3) is 0 Å². The van der Waals surface area contributed by atoms with E-state index in [0.29, 0.717) is 6.61 Å². The van der Waals surface area contributed by atoms with Crippen LogP contribution in [0.25, 0.3) is 0 Å². The molecule has 1 aliphatic rings. The lowest BCUT2D eigenvalue weighted by Gasteiger charge is -2.23. The molecule has 1 saturated heterocycles. The number of aliphatic hydroxyl groups is 1. The summed E-state index contributed by atoms with van der Waals surface area (Å²) in [5, 5.41) is 9.75. The fourth-order valence-electron chi connectivity index (χ4n) is 1.68. The van der Waals surface area contributed by atoms with E-state index in [0.717, 1.165) is 6.42 Å². The Kier molecular flexibility index (Phi) is 4.12. The second kappa shape index (κ2) is 4.91. The van der Waals surface area contributed by atoms with Gasteiger partial charge in [0.2, 0.25) is 0 Å². The maximum Gasteiger partial charge on any atom is 0.112 e. The lowest BCUT2D eigenvalue weighted by molar-refractivity contribution is -0.0703. The van der Waals surface area contributed by atoms with Gasteiger partial charge in [-0.3, -0.25) is 0 Å². The van der Waals surface area contributed by atoms with Crippen molar-refractivity contribution in [2.75, 3.05) is 20.8 Å². The van der Waals surface area contributed by atoms with E-state index < -0.39 is 6.10 Å². The fourth-order valence-corrected chi connectivity index (χ4v) is 1.68. The third-order valence-corrected chi connectivity index (χ3v) is 2.54. The van der Waals surface area contributed by atoms with E-state index in [2.05, 4.69) is 0 Å². The van der Waals surface area contributed by atoms with Crippen LogP contribution in [0.5, 0.6) is 0 Å². The van der Waals surface area contributed by atoms with E-state index in [-0.39, 0.29) is 18.3 Å². The molecule has 0 saturated carbocycles. The Labute approximate surface area is 78.8 Å². The van der Waals surface area contributed by atoms with Crippen LogP contribution in [-0.4, -0.2) is 50.3 Å². The zero-order valence-corrected chi connectivity index (χ0v) is 8.40. The lowest BCUT2D eigenvalue weighted by Crippen LogP contribution is -2.39. The van der Waals surface area contributed by atoms with Crippen LogP contribution in [-0.2, 0) is 14.2 Å². The maximum absolute atomic E-state index is 9.75. The van der Waals surface area contributed by atoms with E-state index in [9.17, 15) is 5.11 Å². The van der Waals surface area contributed by atoms with Crippen molar-refractivity contribution in [3.8, 4) is 0 Å². The molecule has 0 bridgehead atoms. The summed E-state index contributed by atoms with van der Waals surface area (Å²) in [6.45, 7) is 2.45. The zero-order valence-electron chi connectivity index (χ0n) is 8.40. The summed E-state index contributed by atoms with van der Waals surface area (Å²) in [6, 6.07) is 0. The predicted molar refractivity (Wildman–Crippen MR) is 47.6 cm³/mol. The van der Waals surface area contributed by atoms with Crippen molar-refractivity contribution >= 4 is 0 Å². The van der Waals surface area contributed by atoms with Crippen molar-refractivity contribution in [3.63, 3.8) is 0 Å². The molecule has 1 aliphatic heterocycles. The molecule has 1 rings (SSSR count). The first-order valence-electron chi connectivity index (χ1n) is 4.59. The molecule has 0 aliphatic carbocycles. The van der Waals surface area contributed by atoms with Gasteiger partial charge in [0.05, 0.1) is 12.7 Å². The Morgan fingerprint density at radius 2 is 2.23 bits per heavy atom. The fraction of sp³-hybridized carbons (Fsp3) is 1.00. The molecule has 0 aromatic rings. The number of rotatable bonds is 4. The monoisotopic (exact) mass is 190 g/mol. The molecule has 4 heteroatoms. The highest BCUT2D eigenvalue weighted by Gasteiger charge is 2.40.